The zero-order valence-corrected chi connectivity index (χ0v) is 11.1. The first-order chi connectivity index (χ1) is 7.93. The molecule has 0 aromatic heterocycles. The average molecular weight is 244 g/mol. The summed E-state index contributed by atoms with van der Waals surface area (Å²) in [7, 11) is 5.82. The number of amides is 1. The molecular formula is C12H24N2O3. The van der Waals surface area contributed by atoms with Crippen molar-refractivity contribution in [3.8, 4) is 0 Å². The summed E-state index contributed by atoms with van der Waals surface area (Å²) in [6, 6.07) is 0. The molecule has 0 heterocycles. The Kier molecular flexibility index (Phi) is 8.40. The minimum Gasteiger partial charge on any atom is -0.481 e. The van der Waals surface area contributed by atoms with Gasteiger partial charge in [-0.1, -0.05) is 0 Å². The lowest BCUT2D eigenvalue weighted by Gasteiger charge is -2.18. The van der Waals surface area contributed by atoms with Gasteiger partial charge in [0.05, 0.1) is 0 Å². The standard InChI is InChI=1S/C12H24N2O3/c1-13(2)9-6-10-14(3)11(15)7-4-5-8-12(16)17/h4-10H2,1-3H3,(H,16,17). The van der Waals surface area contributed by atoms with Crippen molar-refractivity contribution in [2.75, 3.05) is 34.2 Å². The largest absolute Gasteiger partial charge is 0.481 e. The Hall–Kier alpha value is -1.10. The smallest absolute Gasteiger partial charge is 0.303 e. The molecule has 0 fully saturated rings. The van der Waals surface area contributed by atoms with E-state index in [9.17, 15) is 9.59 Å². The molecule has 17 heavy (non-hydrogen) atoms. The summed E-state index contributed by atoms with van der Waals surface area (Å²) >= 11 is 0. The van der Waals surface area contributed by atoms with Crippen molar-refractivity contribution in [3.05, 3.63) is 0 Å². The van der Waals surface area contributed by atoms with Crippen molar-refractivity contribution < 1.29 is 14.7 Å². The van der Waals surface area contributed by atoms with Crippen LogP contribution in [0.3, 0.4) is 0 Å². The third-order valence-electron chi connectivity index (χ3n) is 2.56. The van der Waals surface area contributed by atoms with Crippen LogP contribution < -0.4 is 0 Å². The molecule has 0 atom stereocenters. The molecule has 1 N–H and O–H groups in total. The molecule has 0 rings (SSSR count). The minimum absolute atomic E-state index is 0.106. The summed E-state index contributed by atoms with van der Waals surface area (Å²) in [6.45, 7) is 1.73. The van der Waals surface area contributed by atoms with E-state index in [1.54, 1.807) is 11.9 Å². The van der Waals surface area contributed by atoms with Crippen LogP contribution in [0.5, 0.6) is 0 Å². The number of hydrogen-bond acceptors (Lipinski definition) is 3. The number of hydrogen-bond donors (Lipinski definition) is 1. The molecule has 5 nitrogen and oxygen atoms in total. The van der Waals surface area contributed by atoms with E-state index in [1.165, 1.54) is 0 Å². The van der Waals surface area contributed by atoms with Gasteiger partial charge in [0, 0.05) is 26.4 Å². The second-order valence-corrected chi connectivity index (χ2v) is 4.57. The summed E-state index contributed by atoms with van der Waals surface area (Å²) in [6.07, 6.45) is 2.80. The predicted molar refractivity (Wildman–Crippen MR) is 66.9 cm³/mol. The molecule has 0 saturated heterocycles. The Morgan fingerprint density at radius 1 is 0.941 bits per heavy atom. The Morgan fingerprint density at radius 3 is 2.06 bits per heavy atom. The Morgan fingerprint density at radius 2 is 1.53 bits per heavy atom. The van der Waals surface area contributed by atoms with Gasteiger partial charge in [-0.2, -0.15) is 0 Å². The second-order valence-electron chi connectivity index (χ2n) is 4.57. The maximum Gasteiger partial charge on any atom is 0.303 e. The highest BCUT2D eigenvalue weighted by Gasteiger charge is 2.08. The SMILES string of the molecule is CN(C)CCCN(C)C(=O)CCCCC(=O)O. The lowest BCUT2D eigenvalue weighted by Crippen LogP contribution is -2.29. The maximum atomic E-state index is 11.6. The number of rotatable bonds is 9. The van der Waals surface area contributed by atoms with Crippen LogP contribution in [0.1, 0.15) is 32.1 Å². The van der Waals surface area contributed by atoms with Gasteiger partial charge >= 0.3 is 5.97 Å². The zero-order valence-electron chi connectivity index (χ0n) is 11.1. The van der Waals surface area contributed by atoms with E-state index >= 15 is 0 Å². The fourth-order valence-corrected chi connectivity index (χ4v) is 1.49. The third-order valence-corrected chi connectivity index (χ3v) is 2.56. The van der Waals surface area contributed by atoms with Crippen LogP contribution >= 0.6 is 0 Å². The molecule has 0 aromatic rings. The van der Waals surface area contributed by atoms with Gasteiger partial charge in [0.15, 0.2) is 0 Å². The summed E-state index contributed by atoms with van der Waals surface area (Å²) < 4.78 is 0. The van der Waals surface area contributed by atoms with Gasteiger partial charge in [0.2, 0.25) is 5.91 Å². The normalized spacial score (nSPS) is 10.6. The number of nitrogens with zero attached hydrogens (tertiary/aromatic N) is 2. The first-order valence-corrected chi connectivity index (χ1v) is 6.04. The van der Waals surface area contributed by atoms with Gasteiger partial charge in [-0.05, 0) is 39.9 Å². The molecule has 0 aliphatic carbocycles. The van der Waals surface area contributed by atoms with Crippen molar-refractivity contribution in [3.63, 3.8) is 0 Å². The Balaban J connectivity index is 3.57. The fourth-order valence-electron chi connectivity index (χ4n) is 1.49. The maximum absolute atomic E-state index is 11.6. The van der Waals surface area contributed by atoms with Gasteiger partial charge < -0.3 is 14.9 Å². The molecule has 0 aliphatic heterocycles. The summed E-state index contributed by atoms with van der Waals surface area (Å²) in [5.74, 6) is -0.689. The van der Waals surface area contributed by atoms with Crippen LogP contribution in [-0.2, 0) is 9.59 Å². The molecule has 5 heteroatoms. The highest BCUT2D eigenvalue weighted by atomic mass is 16.4. The highest BCUT2D eigenvalue weighted by molar-refractivity contribution is 5.75. The third kappa shape index (κ3) is 9.81. The number of aliphatic carboxylic acids is 1. The van der Waals surface area contributed by atoms with Crippen molar-refractivity contribution in [2.45, 2.75) is 32.1 Å². The first-order valence-electron chi connectivity index (χ1n) is 6.04. The number of carbonyl (C=O) groups is 2. The number of unbranched alkanes of at least 4 members (excludes halogenated alkanes) is 1. The number of carboxylic acids is 1. The van der Waals surface area contributed by atoms with Gasteiger partial charge in [-0.25, -0.2) is 0 Å². The Bertz CT molecular complexity index is 242. The van der Waals surface area contributed by atoms with Crippen molar-refractivity contribution in [2.24, 2.45) is 0 Å². The van der Waals surface area contributed by atoms with Gasteiger partial charge in [-0.15, -0.1) is 0 Å². The lowest BCUT2D eigenvalue weighted by atomic mass is 10.2. The molecule has 0 aromatic carbocycles. The monoisotopic (exact) mass is 244 g/mol. The molecule has 0 saturated carbocycles. The van der Waals surface area contributed by atoms with Crippen LogP contribution in [0.4, 0.5) is 0 Å². The molecule has 1 amide bonds. The van der Waals surface area contributed by atoms with E-state index in [-0.39, 0.29) is 12.3 Å². The first kappa shape index (κ1) is 15.9. The van der Waals surface area contributed by atoms with E-state index in [1.807, 2.05) is 14.1 Å². The van der Waals surface area contributed by atoms with E-state index < -0.39 is 5.97 Å². The summed E-state index contributed by atoms with van der Waals surface area (Å²) in [5.41, 5.74) is 0. The van der Waals surface area contributed by atoms with Crippen LogP contribution in [-0.4, -0.2) is 61.0 Å². The van der Waals surface area contributed by atoms with Gasteiger partial charge in [0.25, 0.3) is 0 Å². The van der Waals surface area contributed by atoms with E-state index in [0.29, 0.717) is 19.3 Å². The van der Waals surface area contributed by atoms with Crippen molar-refractivity contribution >= 4 is 11.9 Å². The van der Waals surface area contributed by atoms with Gasteiger partial charge in [0.1, 0.15) is 0 Å². The average Bonchev–Trinajstić information content (AvgIpc) is 2.23. The molecule has 0 bridgehead atoms. The van der Waals surface area contributed by atoms with Crippen LogP contribution in [0.2, 0.25) is 0 Å². The topological polar surface area (TPSA) is 60.9 Å². The fraction of sp³-hybridized carbons (Fsp3) is 0.833. The van der Waals surface area contributed by atoms with Crippen LogP contribution in [0.25, 0.3) is 0 Å². The van der Waals surface area contributed by atoms with Crippen LogP contribution in [0, 0.1) is 0 Å². The summed E-state index contributed by atoms with van der Waals surface area (Å²) in [5, 5.41) is 8.46. The highest BCUT2D eigenvalue weighted by Crippen LogP contribution is 2.03. The van der Waals surface area contributed by atoms with Crippen molar-refractivity contribution in [1.82, 2.24) is 9.80 Å². The minimum atomic E-state index is -0.795. The van der Waals surface area contributed by atoms with Crippen molar-refractivity contribution in [1.29, 1.82) is 0 Å². The summed E-state index contributed by atoms with van der Waals surface area (Å²) in [4.78, 5) is 25.7. The molecule has 0 radical (unpaired) electrons. The Labute approximate surface area is 103 Å². The van der Waals surface area contributed by atoms with E-state index in [2.05, 4.69) is 4.90 Å². The zero-order chi connectivity index (χ0) is 13.3. The predicted octanol–water partition coefficient (Wildman–Crippen LogP) is 1.04. The number of carbonyl (C=O) groups excluding carboxylic acids is 1. The van der Waals surface area contributed by atoms with E-state index in [4.69, 9.17) is 5.11 Å². The molecule has 100 valence electrons. The number of carboxylic acid groups (broad SMARTS) is 1. The van der Waals surface area contributed by atoms with Gasteiger partial charge in [-0.3, -0.25) is 9.59 Å². The lowest BCUT2D eigenvalue weighted by molar-refractivity contribution is -0.137. The molecular weight excluding hydrogens is 220 g/mol. The quantitative estimate of drug-likeness (QED) is 0.616. The molecule has 0 aliphatic rings. The van der Waals surface area contributed by atoms with Crippen LogP contribution in [0.15, 0.2) is 0 Å². The van der Waals surface area contributed by atoms with E-state index in [0.717, 1.165) is 19.5 Å². The molecule has 0 spiro atoms. The molecule has 0 unspecified atom stereocenters. The second kappa shape index (κ2) is 8.98.